The molecule has 0 amide bonds. The Morgan fingerprint density at radius 2 is 1.87 bits per heavy atom. The molecule has 1 aliphatic carbocycles. The van der Waals surface area contributed by atoms with Gasteiger partial charge in [0, 0.05) is 11.1 Å². The smallest absolute Gasteiger partial charge is 0.433 e. The third kappa shape index (κ3) is 5.06. The van der Waals surface area contributed by atoms with Crippen molar-refractivity contribution in [1.82, 2.24) is 4.98 Å². The molecule has 0 saturated heterocycles. The van der Waals surface area contributed by atoms with Crippen LogP contribution < -0.4 is 9.47 Å². The van der Waals surface area contributed by atoms with Gasteiger partial charge >= 0.3 is 12.1 Å². The fraction of sp³-hybridized carbons (Fsp3) is 0.379. The van der Waals surface area contributed by atoms with Crippen LogP contribution in [0.4, 0.5) is 17.6 Å². The number of ether oxygens (including phenoxy) is 2. The van der Waals surface area contributed by atoms with Gasteiger partial charge in [-0.1, -0.05) is 25.1 Å². The highest BCUT2D eigenvalue weighted by molar-refractivity contribution is 5.71. The Labute approximate surface area is 217 Å². The number of fused-ring (bicyclic) bond motifs is 1. The maximum atomic E-state index is 14.5. The third-order valence-electron chi connectivity index (χ3n) is 7.47. The number of halogens is 4. The van der Waals surface area contributed by atoms with Gasteiger partial charge in [-0.2, -0.15) is 13.2 Å². The Morgan fingerprint density at radius 3 is 2.53 bits per heavy atom. The van der Waals surface area contributed by atoms with E-state index >= 15 is 0 Å². The lowest BCUT2D eigenvalue weighted by Crippen LogP contribution is -2.23. The molecular weight excluding hydrogens is 502 g/mol. The largest absolute Gasteiger partial charge is 0.497 e. The summed E-state index contributed by atoms with van der Waals surface area (Å²) >= 11 is 0. The summed E-state index contributed by atoms with van der Waals surface area (Å²) in [6.45, 7) is 1.68. The average Bonchev–Trinajstić information content (AvgIpc) is 3.73. The van der Waals surface area contributed by atoms with Crippen molar-refractivity contribution in [3.8, 4) is 22.8 Å². The highest BCUT2D eigenvalue weighted by Crippen LogP contribution is 2.49. The number of carboxylic acids is 1. The summed E-state index contributed by atoms with van der Waals surface area (Å²) in [5.41, 5.74) is 0.167. The molecule has 5 nitrogen and oxygen atoms in total. The number of pyridine rings is 1. The molecule has 0 bridgehead atoms. The first kappa shape index (κ1) is 26.0. The number of carbonyl (C=O) groups is 1. The molecule has 1 N–H and O–H groups in total. The van der Waals surface area contributed by atoms with Crippen LogP contribution in [-0.4, -0.2) is 23.2 Å². The van der Waals surface area contributed by atoms with E-state index in [4.69, 9.17) is 9.47 Å². The molecule has 2 heterocycles. The van der Waals surface area contributed by atoms with Gasteiger partial charge in [-0.25, -0.2) is 9.37 Å². The lowest BCUT2D eigenvalue weighted by Gasteiger charge is -2.30. The van der Waals surface area contributed by atoms with Gasteiger partial charge in [-0.3, -0.25) is 4.79 Å². The zero-order chi connectivity index (χ0) is 27.2. The van der Waals surface area contributed by atoms with Crippen molar-refractivity contribution in [1.29, 1.82) is 0 Å². The summed E-state index contributed by atoms with van der Waals surface area (Å²) in [5, 5.41) is 9.60. The number of rotatable bonds is 7. The highest BCUT2D eigenvalue weighted by atomic mass is 19.4. The molecule has 2 unspecified atom stereocenters. The molecule has 3 aromatic rings. The minimum atomic E-state index is -4.79. The van der Waals surface area contributed by atoms with E-state index in [2.05, 4.69) is 4.98 Å². The number of aliphatic carboxylic acids is 1. The first-order chi connectivity index (χ1) is 18.1. The molecule has 5 rings (SSSR count). The van der Waals surface area contributed by atoms with Gasteiger partial charge in [-0.15, -0.1) is 0 Å². The van der Waals surface area contributed by atoms with Crippen molar-refractivity contribution in [2.24, 2.45) is 11.8 Å². The standard InChI is InChI=1S/C29H27F4NO4/c1-15(28(35)36)26(17-4-5-17)18-6-3-16-7-12-24(38-25(16)13-18)20-9-11-23(34-27(20)29(31,32)33)21-14-19(37-2)8-10-22(21)30/h3,6,8-11,13-15,17,24,26H,4-5,7,12H2,1-2H3,(H,35,36)/t15-,24?,26?/m0/s1. The molecule has 2 aromatic carbocycles. The van der Waals surface area contributed by atoms with Crippen molar-refractivity contribution in [2.45, 2.75) is 50.8 Å². The number of aryl methyl sites for hydroxylation is 1. The Hall–Kier alpha value is -3.62. The van der Waals surface area contributed by atoms with E-state index in [-0.39, 0.29) is 28.7 Å². The first-order valence-electron chi connectivity index (χ1n) is 12.5. The van der Waals surface area contributed by atoms with Crippen molar-refractivity contribution in [2.75, 3.05) is 7.11 Å². The Morgan fingerprint density at radius 1 is 1.11 bits per heavy atom. The normalized spacial score (nSPS) is 18.7. The first-order valence-corrected chi connectivity index (χ1v) is 12.5. The molecule has 0 spiro atoms. The molecular formula is C29H27F4NO4. The Bertz CT molecular complexity index is 1370. The Balaban J connectivity index is 1.49. The van der Waals surface area contributed by atoms with Crippen LogP contribution in [0.25, 0.3) is 11.3 Å². The predicted molar refractivity (Wildman–Crippen MR) is 132 cm³/mol. The van der Waals surface area contributed by atoms with Crippen molar-refractivity contribution in [3.05, 3.63) is 76.7 Å². The zero-order valence-electron chi connectivity index (χ0n) is 20.9. The number of carboxylic acid groups (broad SMARTS) is 1. The predicted octanol–water partition coefficient (Wildman–Crippen LogP) is 7.20. The van der Waals surface area contributed by atoms with Crippen LogP contribution in [0.5, 0.6) is 11.5 Å². The molecule has 2 aliphatic rings. The number of benzene rings is 2. The molecule has 3 atom stereocenters. The van der Waals surface area contributed by atoms with Crippen LogP contribution in [0.15, 0.2) is 48.5 Å². The highest BCUT2D eigenvalue weighted by Gasteiger charge is 2.41. The maximum absolute atomic E-state index is 14.5. The van der Waals surface area contributed by atoms with Gasteiger partial charge in [0.1, 0.15) is 23.4 Å². The summed E-state index contributed by atoms with van der Waals surface area (Å²) in [5.74, 6) is -1.35. The number of nitrogens with zero attached hydrogens (tertiary/aromatic N) is 1. The van der Waals surface area contributed by atoms with Crippen molar-refractivity contribution < 1.29 is 36.9 Å². The lowest BCUT2D eigenvalue weighted by atomic mass is 9.82. The van der Waals surface area contributed by atoms with Crippen LogP contribution in [0, 0.1) is 17.7 Å². The van der Waals surface area contributed by atoms with E-state index in [1.54, 1.807) is 13.0 Å². The van der Waals surface area contributed by atoms with Gasteiger partial charge in [0.15, 0.2) is 5.69 Å². The fourth-order valence-electron chi connectivity index (χ4n) is 5.32. The molecule has 0 radical (unpaired) electrons. The van der Waals surface area contributed by atoms with Crippen LogP contribution in [0.2, 0.25) is 0 Å². The second kappa shape index (κ2) is 9.93. The van der Waals surface area contributed by atoms with E-state index in [0.717, 1.165) is 30.0 Å². The maximum Gasteiger partial charge on any atom is 0.433 e. The average molecular weight is 530 g/mol. The third-order valence-corrected chi connectivity index (χ3v) is 7.47. The summed E-state index contributed by atoms with van der Waals surface area (Å²) in [7, 11) is 1.38. The van der Waals surface area contributed by atoms with Gasteiger partial charge in [-0.05, 0) is 79.0 Å². The minimum absolute atomic E-state index is 0.0976. The van der Waals surface area contributed by atoms with Crippen LogP contribution in [0.3, 0.4) is 0 Å². The van der Waals surface area contributed by atoms with Gasteiger partial charge in [0.05, 0.1) is 18.7 Å². The Kier molecular flexibility index (Phi) is 6.79. The van der Waals surface area contributed by atoms with Crippen molar-refractivity contribution >= 4 is 5.97 Å². The van der Waals surface area contributed by atoms with Crippen LogP contribution in [-0.2, 0) is 17.4 Å². The zero-order valence-corrected chi connectivity index (χ0v) is 20.9. The van der Waals surface area contributed by atoms with E-state index in [1.807, 2.05) is 12.1 Å². The lowest BCUT2D eigenvalue weighted by molar-refractivity contribution is -0.143. The van der Waals surface area contributed by atoms with Crippen molar-refractivity contribution in [3.63, 3.8) is 0 Å². The van der Waals surface area contributed by atoms with Gasteiger partial charge < -0.3 is 14.6 Å². The van der Waals surface area contributed by atoms with Crippen LogP contribution >= 0.6 is 0 Å². The molecule has 1 fully saturated rings. The summed E-state index contributed by atoms with van der Waals surface area (Å²) in [4.78, 5) is 15.6. The SMILES string of the molecule is COc1ccc(F)c(-c2ccc(C3CCc4ccc(C(C5CC5)[C@H](C)C(=O)O)cc4O3)c(C(F)(F)F)n2)c1. The molecule has 1 aliphatic heterocycles. The summed E-state index contributed by atoms with van der Waals surface area (Å²) in [6, 6.07) is 12.0. The molecule has 1 saturated carbocycles. The number of alkyl halides is 3. The number of hydrogen-bond acceptors (Lipinski definition) is 4. The molecule has 200 valence electrons. The molecule has 1 aromatic heterocycles. The quantitative estimate of drug-likeness (QED) is 0.328. The van der Waals surface area contributed by atoms with Gasteiger partial charge in [0.25, 0.3) is 0 Å². The number of aromatic nitrogens is 1. The second-order valence-corrected chi connectivity index (χ2v) is 9.98. The van der Waals surface area contributed by atoms with E-state index in [0.29, 0.717) is 24.3 Å². The van der Waals surface area contributed by atoms with E-state index < -0.39 is 35.7 Å². The topological polar surface area (TPSA) is 68.7 Å². The molecule has 9 heteroatoms. The van der Waals surface area contributed by atoms with Gasteiger partial charge in [0.2, 0.25) is 0 Å². The number of hydrogen-bond donors (Lipinski definition) is 1. The van der Waals surface area contributed by atoms with E-state index in [9.17, 15) is 27.5 Å². The molecule has 38 heavy (non-hydrogen) atoms. The number of methoxy groups -OCH3 is 1. The summed E-state index contributed by atoms with van der Waals surface area (Å²) in [6.07, 6.45) is -3.01. The minimum Gasteiger partial charge on any atom is -0.497 e. The summed E-state index contributed by atoms with van der Waals surface area (Å²) < 4.78 is 68.2. The van der Waals surface area contributed by atoms with E-state index in [1.165, 1.54) is 31.4 Å². The monoisotopic (exact) mass is 529 g/mol. The van der Waals surface area contributed by atoms with Crippen LogP contribution in [0.1, 0.15) is 60.6 Å². The fourth-order valence-corrected chi connectivity index (χ4v) is 5.32. The second-order valence-electron chi connectivity index (χ2n) is 9.98.